The lowest BCUT2D eigenvalue weighted by molar-refractivity contribution is -0.119. The number of amides is 1. The van der Waals surface area contributed by atoms with E-state index in [0.717, 1.165) is 12.2 Å². The largest absolute Gasteiger partial charge is 0.353 e. The summed E-state index contributed by atoms with van der Waals surface area (Å²) in [5.41, 5.74) is 0. The van der Waals surface area contributed by atoms with Gasteiger partial charge < -0.3 is 5.32 Å². The molecule has 17 heavy (non-hydrogen) atoms. The molecule has 94 valence electrons. The molecule has 0 saturated carbocycles. The molecule has 0 radical (unpaired) electrons. The van der Waals surface area contributed by atoms with E-state index < -0.39 is 0 Å². The third kappa shape index (κ3) is 6.37. The van der Waals surface area contributed by atoms with E-state index in [9.17, 15) is 4.79 Å². The Balaban J connectivity index is 2.40. The summed E-state index contributed by atoms with van der Waals surface area (Å²) in [6, 6.07) is 10.6. The zero-order chi connectivity index (χ0) is 12.5. The molecule has 2 nitrogen and oxygen atoms in total. The minimum atomic E-state index is 0.0692. The van der Waals surface area contributed by atoms with Crippen molar-refractivity contribution in [1.82, 2.24) is 5.32 Å². The molecule has 0 aliphatic carbocycles. The van der Waals surface area contributed by atoms with Gasteiger partial charge >= 0.3 is 0 Å². The second-order valence-corrected chi connectivity index (χ2v) is 5.26. The maximum absolute atomic E-state index is 11.1. The first-order valence-electron chi connectivity index (χ1n) is 6.17. The molecule has 1 amide bonds. The van der Waals surface area contributed by atoms with Gasteiger partial charge in [0.05, 0.1) is 0 Å². The smallest absolute Gasteiger partial charge is 0.217 e. The van der Waals surface area contributed by atoms with Gasteiger partial charge in [0.15, 0.2) is 0 Å². The second-order valence-electron chi connectivity index (χ2n) is 4.16. The maximum Gasteiger partial charge on any atom is 0.217 e. The number of unbranched alkanes of at least 4 members (excludes halogenated alkanes) is 1. The molecule has 3 heteroatoms. The van der Waals surface area contributed by atoms with Crippen LogP contribution in [-0.4, -0.2) is 17.7 Å². The Labute approximate surface area is 108 Å². The van der Waals surface area contributed by atoms with Crippen LogP contribution in [0.25, 0.3) is 0 Å². The maximum atomic E-state index is 11.1. The predicted molar refractivity (Wildman–Crippen MR) is 74.3 cm³/mol. The van der Waals surface area contributed by atoms with E-state index in [1.807, 2.05) is 18.2 Å². The van der Waals surface area contributed by atoms with E-state index >= 15 is 0 Å². The van der Waals surface area contributed by atoms with E-state index in [1.165, 1.54) is 17.7 Å². The molecule has 1 unspecified atom stereocenters. The lowest BCUT2D eigenvalue weighted by Crippen LogP contribution is -2.34. The molecule has 1 N–H and O–H groups in total. The van der Waals surface area contributed by atoms with Crippen molar-refractivity contribution in [2.45, 2.75) is 44.0 Å². The normalized spacial score (nSPS) is 12.1. The number of carbonyl (C=O) groups is 1. The average Bonchev–Trinajstić information content (AvgIpc) is 2.33. The average molecular weight is 251 g/mol. The fourth-order valence-corrected chi connectivity index (χ4v) is 2.64. The molecule has 0 aliphatic rings. The monoisotopic (exact) mass is 251 g/mol. The number of carbonyl (C=O) groups excluding carboxylic acids is 1. The number of thioether (sulfide) groups is 1. The van der Waals surface area contributed by atoms with Gasteiger partial charge in [-0.05, 0) is 18.6 Å². The van der Waals surface area contributed by atoms with Gasteiger partial charge in [0.25, 0.3) is 0 Å². The molecule has 0 aliphatic heterocycles. The Morgan fingerprint density at radius 2 is 2.06 bits per heavy atom. The predicted octanol–water partition coefficient (Wildman–Crippen LogP) is 3.47. The molecule has 0 saturated heterocycles. The van der Waals surface area contributed by atoms with Crippen LogP contribution in [0.1, 0.15) is 33.1 Å². The molecular weight excluding hydrogens is 230 g/mol. The Kier molecular flexibility index (Phi) is 6.78. The molecule has 0 spiro atoms. The van der Waals surface area contributed by atoms with Gasteiger partial charge in [-0.3, -0.25) is 4.79 Å². The first kappa shape index (κ1) is 14.1. The topological polar surface area (TPSA) is 29.1 Å². The molecule has 0 aromatic heterocycles. The van der Waals surface area contributed by atoms with Crippen LogP contribution in [0.4, 0.5) is 0 Å². The van der Waals surface area contributed by atoms with Crippen LogP contribution in [0, 0.1) is 0 Å². The van der Waals surface area contributed by atoms with Crippen molar-refractivity contribution in [1.29, 1.82) is 0 Å². The first-order valence-corrected chi connectivity index (χ1v) is 7.16. The van der Waals surface area contributed by atoms with Crippen LogP contribution in [-0.2, 0) is 4.79 Å². The van der Waals surface area contributed by atoms with E-state index in [-0.39, 0.29) is 11.9 Å². The van der Waals surface area contributed by atoms with E-state index in [0.29, 0.717) is 0 Å². The SMILES string of the molecule is CCCCC(CSc1ccccc1)NC(C)=O. The lowest BCUT2D eigenvalue weighted by Gasteiger charge is -2.17. The number of nitrogens with one attached hydrogen (secondary N) is 1. The highest BCUT2D eigenvalue weighted by atomic mass is 32.2. The Hall–Kier alpha value is -0.960. The van der Waals surface area contributed by atoms with Gasteiger partial charge in [-0.25, -0.2) is 0 Å². The van der Waals surface area contributed by atoms with E-state index in [4.69, 9.17) is 0 Å². The summed E-state index contributed by atoms with van der Waals surface area (Å²) in [4.78, 5) is 12.4. The standard InChI is InChI=1S/C14H21NOS/c1-3-4-8-13(15-12(2)16)11-17-14-9-6-5-7-10-14/h5-7,9-10,13H,3-4,8,11H2,1-2H3,(H,15,16). The summed E-state index contributed by atoms with van der Waals surface area (Å²) < 4.78 is 0. The number of hydrogen-bond acceptors (Lipinski definition) is 2. The Morgan fingerprint density at radius 3 is 2.65 bits per heavy atom. The summed E-state index contributed by atoms with van der Waals surface area (Å²) >= 11 is 1.81. The van der Waals surface area contributed by atoms with Crippen molar-refractivity contribution in [3.63, 3.8) is 0 Å². The highest BCUT2D eigenvalue weighted by Crippen LogP contribution is 2.19. The van der Waals surface area contributed by atoms with E-state index in [2.05, 4.69) is 24.4 Å². The molecule has 1 atom stereocenters. The van der Waals surface area contributed by atoms with E-state index in [1.54, 1.807) is 18.7 Å². The van der Waals surface area contributed by atoms with Crippen molar-refractivity contribution in [3.8, 4) is 0 Å². The van der Waals surface area contributed by atoms with Gasteiger partial charge in [0.1, 0.15) is 0 Å². The molecule has 1 aromatic carbocycles. The van der Waals surface area contributed by atoms with Crippen LogP contribution in [0.3, 0.4) is 0 Å². The highest BCUT2D eigenvalue weighted by Gasteiger charge is 2.09. The number of benzene rings is 1. The van der Waals surface area contributed by atoms with Crippen LogP contribution >= 0.6 is 11.8 Å². The van der Waals surface area contributed by atoms with Gasteiger partial charge in [0, 0.05) is 23.6 Å². The van der Waals surface area contributed by atoms with Crippen molar-refractivity contribution in [3.05, 3.63) is 30.3 Å². The first-order chi connectivity index (χ1) is 8.22. The Bertz CT molecular complexity index is 326. The molecule has 0 bridgehead atoms. The molecule has 1 aromatic rings. The molecule has 1 rings (SSSR count). The minimum absolute atomic E-state index is 0.0692. The summed E-state index contributed by atoms with van der Waals surface area (Å²) in [5, 5.41) is 3.03. The molecular formula is C14H21NOS. The summed E-state index contributed by atoms with van der Waals surface area (Å²) in [7, 11) is 0. The lowest BCUT2D eigenvalue weighted by atomic mass is 10.1. The number of hydrogen-bond donors (Lipinski definition) is 1. The van der Waals surface area contributed by atoms with Crippen LogP contribution in [0.2, 0.25) is 0 Å². The fraction of sp³-hybridized carbons (Fsp3) is 0.500. The molecule has 0 fully saturated rings. The van der Waals surface area contributed by atoms with Crippen molar-refractivity contribution < 1.29 is 4.79 Å². The van der Waals surface area contributed by atoms with Gasteiger partial charge in [-0.2, -0.15) is 0 Å². The third-order valence-electron chi connectivity index (χ3n) is 2.51. The molecule has 0 heterocycles. The van der Waals surface area contributed by atoms with Gasteiger partial charge in [-0.1, -0.05) is 38.0 Å². The van der Waals surface area contributed by atoms with Crippen LogP contribution < -0.4 is 5.32 Å². The van der Waals surface area contributed by atoms with Crippen molar-refractivity contribution >= 4 is 17.7 Å². The highest BCUT2D eigenvalue weighted by molar-refractivity contribution is 7.99. The Morgan fingerprint density at radius 1 is 1.35 bits per heavy atom. The zero-order valence-corrected chi connectivity index (χ0v) is 11.4. The third-order valence-corrected chi connectivity index (χ3v) is 3.68. The summed E-state index contributed by atoms with van der Waals surface area (Å²) in [6.45, 7) is 3.77. The van der Waals surface area contributed by atoms with Crippen LogP contribution in [0.5, 0.6) is 0 Å². The number of rotatable bonds is 7. The van der Waals surface area contributed by atoms with Crippen molar-refractivity contribution in [2.24, 2.45) is 0 Å². The van der Waals surface area contributed by atoms with Gasteiger partial charge in [0.2, 0.25) is 5.91 Å². The van der Waals surface area contributed by atoms with Gasteiger partial charge in [-0.15, -0.1) is 11.8 Å². The van der Waals surface area contributed by atoms with Crippen LogP contribution in [0.15, 0.2) is 35.2 Å². The summed E-state index contributed by atoms with van der Waals surface area (Å²) in [6.07, 6.45) is 3.41. The second kappa shape index (κ2) is 8.18. The van der Waals surface area contributed by atoms with Crippen molar-refractivity contribution in [2.75, 3.05) is 5.75 Å². The summed E-state index contributed by atoms with van der Waals surface area (Å²) in [5.74, 6) is 1.02. The minimum Gasteiger partial charge on any atom is -0.353 e. The quantitative estimate of drug-likeness (QED) is 0.752. The zero-order valence-electron chi connectivity index (χ0n) is 10.6. The fourth-order valence-electron chi connectivity index (χ4n) is 1.65.